The van der Waals surface area contributed by atoms with Crippen molar-refractivity contribution in [2.24, 2.45) is 0 Å². The molecule has 0 aliphatic rings. The second-order valence-electron chi connectivity index (χ2n) is 3.69. The van der Waals surface area contributed by atoms with Crippen LogP contribution in [-0.4, -0.2) is 16.1 Å². The molecule has 0 aliphatic carbocycles. The maximum atomic E-state index is 11.2. The third-order valence-electron chi connectivity index (χ3n) is 2.25. The molecule has 1 atom stereocenters. The van der Waals surface area contributed by atoms with Crippen molar-refractivity contribution in [3.63, 3.8) is 0 Å². The molecule has 18 heavy (non-hydrogen) atoms. The van der Waals surface area contributed by atoms with E-state index in [4.69, 9.17) is 0 Å². The maximum Gasteiger partial charge on any atom is 0.186 e. The summed E-state index contributed by atoms with van der Waals surface area (Å²) in [4.78, 5) is 26.2. The van der Waals surface area contributed by atoms with Crippen LogP contribution in [-0.2, 0) is 9.59 Å². The van der Waals surface area contributed by atoms with Crippen LogP contribution in [0.4, 0.5) is 0 Å². The van der Waals surface area contributed by atoms with Crippen molar-refractivity contribution in [3.05, 3.63) is 29.3 Å². The quantitative estimate of drug-likeness (QED) is 0.853. The van der Waals surface area contributed by atoms with Crippen molar-refractivity contribution >= 4 is 44.4 Å². The van der Waals surface area contributed by atoms with Gasteiger partial charge in [-0.2, -0.15) is 0 Å². The van der Waals surface area contributed by atoms with Gasteiger partial charge in [-0.15, -0.1) is 11.3 Å². The number of thioether (sulfide) groups is 1. The Morgan fingerprint density at radius 2 is 2.17 bits per heavy atom. The Bertz CT molecular complexity index is 545. The number of benzene rings is 1. The molecule has 0 saturated carbocycles. The molecule has 0 saturated heterocycles. The van der Waals surface area contributed by atoms with E-state index in [9.17, 15) is 14.7 Å². The van der Waals surface area contributed by atoms with Gasteiger partial charge in [0.05, 0.1) is 15.5 Å². The van der Waals surface area contributed by atoms with Gasteiger partial charge in [-0.25, -0.2) is 4.98 Å². The molecule has 0 amide bonds. The zero-order valence-corrected chi connectivity index (χ0v) is 11.2. The fraction of sp³-hybridized carbons (Fsp3) is 0.250. The van der Waals surface area contributed by atoms with Gasteiger partial charge < -0.3 is 9.90 Å². The Balaban J connectivity index is 2.33. The number of carboxylic acid groups (broad SMARTS) is 1. The fourth-order valence-corrected chi connectivity index (χ4v) is 3.57. The molecule has 4 nitrogen and oxygen atoms in total. The van der Waals surface area contributed by atoms with E-state index in [1.54, 1.807) is 0 Å². The highest BCUT2D eigenvalue weighted by Crippen LogP contribution is 2.36. The van der Waals surface area contributed by atoms with Gasteiger partial charge in [-0.3, -0.25) is 4.79 Å². The van der Waals surface area contributed by atoms with Gasteiger partial charge in [-0.05, 0) is 12.1 Å². The summed E-state index contributed by atoms with van der Waals surface area (Å²) in [5.74, 6) is -1.17. The molecule has 0 aliphatic heterocycles. The first-order chi connectivity index (χ1) is 8.56. The predicted octanol–water partition coefficient (Wildman–Crippen LogP) is 1.76. The number of carboxylic acids is 1. The Morgan fingerprint density at radius 3 is 2.78 bits per heavy atom. The predicted molar refractivity (Wildman–Crippen MR) is 70.3 cm³/mol. The first-order valence-corrected chi connectivity index (χ1v) is 6.98. The first-order valence-electron chi connectivity index (χ1n) is 5.29. The van der Waals surface area contributed by atoms with E-state index in [0.29, 0.717) is 5.01 Å². The number of fused-ring (bicyclic) bond motifs is 1. The summed E-state index contributed by atoms with van der Waals surface area (Å²) in [5, 5.41) is 10.8. The first kappa shape index (κ1) is 13.0. The molecule has 0 fully saturated rings. The summed E-state index contributed by atoms with van der Waals surface area (Å²) < 4.78 is 0.986. The molecule has 0 N–H and O–H groups in total. The SMILES string of the molecule is CC(=O)SC(CC(=O)[O-])c1nc2ccccc2s1. The number of hydrogen-bond donors (Lipinski definition) is 0. The Morgan fingerprint density at radius 1 is 1.44 bits per heavy atom. The Labute approximate surface area is 112 Å². The van der Waals surface area contributed by atoms with Crippen molar-refractivity contribution in [1.29, 1.82) is 0 Å². The molecule has 1 aromatic carbocycles. The number of thiazole rings is 1. The van der Waals surface area contributed by atoms with Crippen LogP contribution in [0.2, 0.25) is 0 Å². The average molecular weight is 280 g/mol. The number of rotatable bonds is 4. The third-order valence-corrected chi connectivity index (χ3v) is 4.55. The van der Waals surface area contributed by atoms with Crippen LogP contribution in [0.3, 0.4) is 0 Å². The van der Waals surface area contributed by atoms with Crippen molar-refractivity contribution < 1.29 is 14.7 Å². The highest BCUT2D eigenvalue weighted by molar-refractivity contribution is 8.13. The van der Waals surface area contributed by atoms with Crippen LogP contribution in [0, 0.1) is 0 Å². The molecule has 1 aromatic heterocycles. The van der Waals surface area contributed by atoms with Gasteiger partial charge >= 0.3 is 0 Å². The molecule has 0 spiro atoms. The van der Waals surface area contributed by atoms with E-state index < -0.39 is 11.2 Å². The number of aliphatic carboxylic acids is 1. The molecule has 2 aromatic rings. The Hall–Kier alpha value is -1.40. The topological polar surface area (TPSA) is 70.1 Å². The number of hydrogen-bond acceptors (Lipinski definition) is 6. The summed E-state index contributed by atoms with van der Waals surface area (Å²) in [5.41, 5.74) is 0.824. The van der Waals surface area contributed by atoms with E-state index >= 15 is 0 Å². The van der Waals surface area contributed by atoms with Gasteiger partial charge in [0.15, 0.2) is 5.12 Å². The van der Waals surface area contributed by atoms with Crippen LogP contribution in [0.1, 0.15) is 23.6 Å². The highest BCUT2D eigenvalue weighted by Gasteiger charge is 2.19. The molecule has 0 radical (unpaired) electrons. The lowest BCUT2D eigenvalue weighted by molar-refractivity contribution is -0.305. The Kier molecular flexibility index (Phi) is 3.98. The highest BCUT2D eigenvalue weighted by atomic mass is 32.2. The molecule has 6 heteroatoms. The molecular weight excluding hydrogens is 270 g/mol. The second kappa shape index (κ2) is 5.49. The van der Waals surface area contributed by atoms with Crippen molar-refractivity contribution in [3.8, 4) is 0 Å². The van der Waals surface area contributed by atoms with Crippen LogP contribution >= 0.6 is 23.1 Å². The summed E-state index contributed by atoms with van der Waals surface area (Å²) in [6.07, 6.45) is -0.204. The van der Waals surface area contributed by atoms with Gasteiger partial charge in [0.25, 0.3) is 0 Å². The molecule has 1 unspecified atom stereocenters. The van der Waals surface area contributed by atoms with Gasteiger partial charge in [-0.1, -0.05) is 23.9 Å². The minimum Gasteiger partial charge on any atom is -0.550 e. The monoisotopic (exact) mass is 280 g/mol. The van der Waals surface area contributed by atoms with Crippen LogP contribution in [0.15, 0.2) is 24.3 Å². The minimum atomic E-state index is -1.17. The summed E-state index contributed by atoms with van der Waals surface area (Å²) in [6.45, 7) is 1.42. The van der Waals surface area contributed by atoms with Crippen molar-refractivity contribution in [2.45, 2.75) is 18.6 Å². The molecule has 1 heterocycles. The molecule has 94 valence electrons. The fourth-order valence-electron chi connectivity index (χ4n) is 1.56. The smallest absolute Gasteiger partial charge is 0.186 e. The van der Waals surface area contributed by atoms with E-state index in [-0.39, 0.29) is 11.5 Å². The van der Waals surface area contributed by atoms with Crippen molar-refractivity contribution in [1.82, 2.24) is 4.98 Å². The lowest BCUT2D eigenvalue weighted by Gasteiger charge is -2.12. The van der Waals surface area contributed by atoms with Crippen LogP contribution in [0.25, 0.3) is 10.2 Å². The van der Waals surface area contributed by atoms with E-state index in [0.717, 1.165) is 22.0 Å². The summed E-state index contributed by atoms with van der Waals surface area (Å²) in [7, 11) is 0. The number of nitrogens with zero attached hydrogens (tertiary/aromatic N) is 1. The van der Waals surface area contributed by atoms with Crippen LogP contribution < -0.4 is 5.11 Å². The van der Waals surface area contributed by atoms with Gasteiger partial charge in [0.2, 0.25) is 0 Å². The summed E-state index contributed by atoms with van der Waals surface area (Å²) >= 11 is 2.40. The van der Waals surface area contributed by atoms with Crippen molar-refractivity contribution in [2.75, 3.05) is 0 Å². The summed E-state index contributed by atoms with van der Waals surface area (Å²) in [6, 6.07) is 7.56. The lowest BCUT2D eigenvalue weighted by atomic mass is 10.3. The zero-order chi connectivity index (χ0) is 13.1. The van der Waals surface area contributed by atoms with Gasteiger partial charge in [0, 0.05) is 19.3 Å². The number of carbonyl (C=O) groups is 2. The minimum absolute atomic E-state index is 0.125. The maximum absolute atomic E-state index is 11.2. The third kappa shape index (κ3) is 3.08. The molecule has 0 bridgehead atoms. The normalized spacial score (nSPS) is 12.5. The number of aromatic nitrogens is 1. The van der Waals surface area contributed by atoms with E-state index in [1.807, 2.05) is 24.3 Å². The molecular formula is C12H10NO3S2-. The van der Waals surface area contributed by atoms with E-state index in [2.05, 4.69) is 4.98 Å². The lowest BCUT2D eigenvalue weighted by Crippen LogP contribution is -2.24. The van der Waals surface area contributed by atoms with Crippen LogP contribution in [0.5, 0.6) is 0 Å². The molecule has 2 rings (SSSR count). The standard InChI is InChI=1S/C12H11NO3S2/c1-7(14)17-10(6-11(15)16)12-13-8-4-2-3-5-9(8)18-12/h2-5,10H,6H2,1H3,(H,15,16)/p-1. The zero-order valence-electron chi connectivity index (χ0n) is 9.58. The van der Waals surface area contributed by atoms with E-state index in [1.165, 1.54) is 18.3 Å². The number of para-hydroxylation sites is 1. The number of carbonyl (C=O) groups excluding carboxylic acids is 2. The average Bonchev–Trinajstić information content (AvgIpc) is 2.70. The van der Waals surface area contributed by atoms with Gasteiger partial charge in [0.1, 0.15) is 5.01 Å². The largest absolute Gasteiger partial charge is 0.550 e. The second-order valence-corrected chi connectivity index (χ2v) is 6.14.